The summed E-state index contributed by atoms with van der Waals surface area (Å²) in [5, 5.41) is 4.36. The molecular weight excluding hydrogens is 374 g/mol. The summed E-state index contributed by atoms with van der Waals surface area (Å²) in [7, 11) is 0. The number of rotatable bonds is 1. The van der Waals surface area contributed by atoms with Gasteiger partial charge in [-0.25, -0.2) is 0 Å². The molecule has 0 atom stereocenters. The second-order valence-electron chi connectivity index (χ2n) is 7.44. The molecule has 0 saturated carbocycles. The summed E-state index contributed by atoms with van der Waals surface area (Å²) in [4.78, 5) is 0. The first-order valence-corrected chi connectivity index (χ1v) is 12.3. The van der Waals surface area contributed by atoms with E-state index < -0.39 is 5.51 Å². The molecule has 4 rings (SSSR count). The van der Waals surface area contributed by atoms with Crippen LogP contribution in [-0.4, -0.2) is 15.1 Å². The van der Waals surface area contributed by atoms with Crippen molar-refractivity contribution < 1.29 is 0 Å². The maximum atomic E-state index is 3.65. The Hall–Kier alpha value is -1.39. The Labute approximate surface area is 152 Å². The van der Waals surface area contributed by atoms with Crippen LogP contribution in [-0.2, 0) is 5.41 Å². The van der Waals surface area contributed by atoms with E-state index in [4.69, 9.17) is 0 Å². The summed E-state index contributed by atoms with van der Waals surface area (Å²) in [5.41, 5.74) is 2.70. The predicted molar refractivity (Wildman–Crippen MR) is 109 cm³/mol. The van der Waals surface area contributed by atoms with Crippen LogP contribution in [0, 0.1) is 0 Å². The topological polar surface area (TPSA) is 0 Å². The van der Waals surface area contributed by atoms with Crippen molar-refractivity contribution in [3.63, 3.8) is 0 Å². The van der Waals surface area contributed by atoms with Gasteiger partial charge in [-0.2, -0.15) is 0 Å². The average Bonchev–Trinajstić information content (AvgIpc) is 2.86. The molecule has 0 fully saturated rings. The zero-order chi connectivity index (χ0) is 16.9. The molecule has 3 aromatic rings. The first-order chi connectivity index (χ1) is 11.4. The second-order valence-corrected chi connectivity index (χ2v) is 13.6. The summed E-state index contributed by atoms with van der Waals surface area (Å²) in [6, 6.07) is 27.0. The summed E-state index contributed by atoms with van der Waals surface area (Å²) < 4.78 is 0. The molecule has 0 radical (unpaired) electrons. The first-order valence-electron chi connectivity index (χ1n) is 8.33. The Morgan fingerprint density at radius 1 is 0.667 bits per heavy atom. The summed E-state index contributed by atoms with van der Waals surface area (Å²) in [6.07, 6.45) is 0. The van der Waals surface area contributed by atoms with Crippen molar-refractivity contribution in [1.29, 1.82) is 0 Å². The van der Waals surface area contributed by atoms with Crippen LogP contribution < -0.4 is 15.9 Å². The van der Waals surface area contributed by atoms with Crippen molar-refractivity contribution in [2.75, 3.05) is 0 Å². The molecule has 0 bridgehead atoms. The van der Waals surface area contributed by atoms with Crippen molar-refractivity contribution in [3.8, 4) is 11.1 Å². The van der Waals surface area contributed by atoms with Crippen LogP contribution in [0.25, 0.3) is 11.1 Å². The minimum atomic E-state index is -1.65. The Balaban J connectivity index is 1.96. The van der Waals surface area contributed by atoms with Gasteiger partial charge in [0.15, 0.2) is 0 Å². The quantitative estimate of drug-likeness (QED) is 0.332. The third kappa shape index (κ3) is 2.31. The van der Waals surface area contributed by atoms with E-state index in [9.17, 15) is 0 Å². The molecule has 0 aromatic heterocycles. The first kappa shape index (κ1) is 16.1. The van der Waals surface area contributed by atoms with Gasteiger partial charge < -0.3 is 0 Å². The molecule has 0 aliphatic carbocycles. The van der Waals surface area contributed by atoms with Gasteiger partial charge in [-0.1, -0.05) is 0 Å². The van der Waals surface area contributed by atoms with Gasteiger partial charge in [0.1, 0.15) is 0 Å². The maximum absolute atomic E-state index is 3.65. The standard InChI is InChI=1S/C22H21PSe/c1-22(2,3)16-12-14-17(15-13-16)23(24)20-10-6-4-8-18(20)19-9-5-7-11-21(19)23/h4-15H,1-3H3. The van der Waals surface area contributed by atoms with Crippen molar-refractivity contribution in [3.05, 3.63) is 78.4 Å². The van der Waals surface area contributed by atoms with E-state index in [1.165, 1.54) is 32.6 Å². The van der Waals surface area contributed by atoms with E-state index in [0.717, 1.165) is 0 Å². The fourth-order valence-electron chi connectivity index (χ4n) is 3.53. The van der Waals surface area contributed by atoms with Crippen molar-refractivity contribution in [2.24, 2.45) is 0 Å². The Bertz CT molecular complexity index is 912. The third-order valence-corrected chi connectivity index (χ3v) is 11.8. The van der Waals surface area contributed by atoms with E-state index in [2.05, 4.69) is 109 Å². The molecule has 1 aliphatic rings. The summed E-state index contributed by atoms with van der Waals surface area (Å²) in [5.74, 6) is 0. The zero-order valence-electron chi connectivity index (χ0n) is 14.3. The Kier molecular flexibility index (Phi) is 3.73. The molecular formula is C22H21PSe. The van der Waals surface area contributed by atoms with Crippen molar-refractivity contribution in [2.45, 2.75) is 26.2 Å². The minimum absolute atomic E-state index is 0.188. The molecule has 0 N–H and O–H groups in total. The van der Waals surface area contributed by atoms with Gasteiger partial charge >= 0.3 is 152 Å². The molecule has 120 valence electrons. The van der Waals surface area contributed by atoms with E-state index >= 15 is 0 Å². The molecule has 24 heavy (non-hydrogen) atoms. The van der Waals surface area contributed by atoms with Gasteiger partial charge in [-0.3, -0.25) is 0 Å². The molecule has 0 amide bonds. The van der Waals surface area contributed by atoms with Crippen molar-refractivity contribution >= 4 is 36.5 Å². The average molecular weight is 395 g/mol. The Morgan fingerprint density at radius 3 is 1.58 bits per heavy atom. The fourth-order valence-corrected chi connectivity index (χ4v) is 9.35. The summed E-state index contributed by atoms with van der Waals surface area (Å²) in [6.45, 7) is 6.81. The fraction of sp³-hybridized carbons (Fsp3) is 0.182. The number of hydrogen-bond donors (Lipinski definition) is 0. The van der Waals surface area contributed by atoms with E-state index in [1.807, 2.05) is 0 Å². The van der Waals surface area contributed by atoms with E-state index in [-0.39, 0.29) is 5.41 Å². The van der Waals surface area contributed by atoms with Gasteiger partial charge in [0, 0.05) is 0 Å². The molecule has 0 unspecified atom stereocenters. The molecule has 1 heterocycles. The van der Waals surface area contributed by atoms with E-state index in [0.29, 0.717) is 0 Å². The van der Waals surface area contributed by atoms with Crippen LogP contribution in [0.3, 0.4) is 0 Å². The second kappa shape index (κ2) is 5.57. The molecule has 0 saturated heterocycles. The van der Waals surface area contributed by atoms with Crippen LogP contribution >= 0.6 is 5.51 Å². The number of hydrogen-bond acceptors (Lipinski definition) is 0. The number of benzene rings is 3. The van der Waals surface area contributed by atoms with Gasteiger partial charge in [0.25, 0.3) is 0 Å². The molecule has 2 heteroatoms. The SMILES string of the molecule is CC(C)(C)c1ccc(P2(=[Se])c3ccccc3-c3ccccc32)cc1. The molecule has 3 aromatic carbocycles. The van der Waals surface area contributed by atoms with Crippen LogP contribution in [0.15, 0.2) is 72.8 Å². The normalized spacial score (nSPS) is 15.0. The van der Waals surface area contributed by atoms with Gasteiger partial charge in [-0.15, -0.1) is 0 Å². The van der Waals surface area contributed by atoms with Gasteiger partial charge in [-0.05, 0) is 0 Å². The zero-order valence-corrected chi connectivity index (χ0v) is 16.9. The van der Waals surface area contributed by atoms with Gasteiger partial charge in [0.2, 0.25) is 0 Å². The van der Waals surface area contributed by atoms with Gasteiger partial charge in [0.05, 0.1) is 0 Å². The van der Waals surface area contributed by atoms with Crippen molar-refractivity contribution in [1.82, 2.24) is 0 Å². The van der Waals surface area contributed by atoms with Crippen LogP contribution in [0.2, 0.25) is 0 Å². The molecule has 1 aliphatic heterocycles. The van der Waals surface area contributed by atoms with E-state index in [1.54, 1.807) is 0 Å². The summed E-state index contributed by atoms with van der Waals surface area (Å²) >= 11 is 3.65. The Morgan fingerprint density at radius 2 is 1.12 bits per heavy atom. The van der Waals surface area contributed by atoms with Crippen LogP contribution in [0.4, 0.5) is 0 Å². The monoisotopic (exact) mass is 396 g/mol. The predicted octanol–water partition coefficient (Wildman–Crippen LogP) is 4.34. The molecule has 0 spiro atoms. The number of fused-ring (bicyclic) bond motifs is 3. The van der Waals surface area contributed by atoms with Crippen LogP contribution in [0.1, 0.15) is 26.3 Å². The third-order valence-electron chi connectivity index (χ3n) is 4.87. The molecule has 0 nitrogen and oxygen atoms in total. The van der Waals surface area contributed by atoms with Crippen LogP contribution in [0.5, 0.6) is 0 Å².